The summed E-state index contributed by atoms with van der Waals surface area (Å²) < 4.78 is 5.35. The largest absolute Gasteiger partial charge is 0.378 e. The van der Waals surface area contributed by atoms with Crippen LogP contribution < -0.4 is 10.2 Å². The van der Waals surface area contributed by atoms with Gasteiger partial charge < -0.3 is 15.0 Å². The van der Waals surface area contributed by atoms with Crippen molar-refractivity contribution in [3.8, 4) is 0 Å². The summed E-state index contributed by atoms with van der Waals surface area (Å²) in [7, 11) is 0. The first kappa shape index (κ1) is 22.7. The minimum atomic E-state index is -0.561. The third kappa shape index (κ3) is 5.10. The first-order valence-electron chi connectivity index (χ1n) is 9.84. The number of nitrogens with one attached hydrogen (secondary N) is 1. The number of halogens is 2. The molecule has 0 bridgehead atoms. The number of ether oxygens (including phenoxy) is 1. The quantitative estimate of drug-likeness (QED) is 0.620. The lowest BCUT2D eigenvalue weighted by molar-refractivity contribution is -0.127. The van der Waals surface area contributed by atoms with E-state index in [4.69, 9.17) is 27.9 Å². The highest BCUT2D eigenvalue weighted by Crippen LogP contribution is 2.35. The lowest BCUT2D eigenvalue weighted by Crippen LogP contribution is -2.36. The molecule has 2 heterocycles. The minimum Gasteiger partial charge on any atom is -0.378 e. The molecule has 32 heavy (non-hydrogen) atoms. The van der Waals surface area contributed by atoms with Gasteiger partial charge in [0.25, 0.3) is 11.1 Å². The average molecular weight is 492 g/mol. The predicted octanol–water partition coefficient (Wildman–Crippen LogP) is 4.51. The Morgan fingerprint density at radius 3 is 2.38 bits per heavy atom. The fourth-order valence-electron chi connectivity index (χ4n) is 3.34. The van der Waals surface area contributed by atoms with Crippen molar-refractivity contribution >= 4 is 69.5 Å². The molecule has 2 aromatic rings. The van der Waals surface area contributed by atoms with Crippen LogP contribution >= 0.6 is 35.0 Å². The van der Waals surface area contributed by atoms with Crippen molar-refractivity contribution in [1.29, 1.82) is 0 Å². The zero-order chi connectivity index (χ0) is 22.7. The SMILES string of the molecule is O=C(CN1C(=O)S/C(=C/c2c(Cl)cccc2Cl)C1=O)Nc1ccc(N2CCOCC2)cc1. The van der Waals surface area contributed by atoms with E-state index >= 15 is 0 Å². The zero-order valence-corrected chi connectivity index (χ0v) is 19.2. The van der Waals surface area contributed by atoms with Gasteiger partial charge in [-0.1, -0.05) is 29.3 Å². The highest BCUT2D eigenvalue weighted by Gasteiger charge is 2.36. The Bertz CT molecular complexity index is 1060. The smallest absolute Gasteiger partial charge is 0.294 e. The van der Waals surface area contributed by atoms with E-state index in [2.05, 4.69) is 10.2 Å². The van der Waals surface area contributed by atoms with Gasteiger partial charge in [0.15, 0.2) is 0 Å². The van der Waals surface area contributed by atoms with Crippen molar-refractivity contribution in [3.63, 3.8) is 0 Å². The van der Waals surface area contributed by atoms with Crippen molar-refractivity contribution < 1.29 is 19.1 Å². The lowest BCUT2D eigenvalue weighted by Gasteiger charge is -2.28. The maximum absolute atomic E-state index is 12.7. The third-order valence-electron chi connectivity index (χ3n) is 4.98. The Balaban J connectivity index is 1.39. The molecule has 2 aliphatic heterocycles. The van der Waals surface area contributed by atoms with Gasteiger partial charge in [0.05, 0.1) is 18.1 Å². The van der Waals surface area contributed by atoms with Gasteiger partial charge in [0, 0.05) is 40.1 Å². The van der Waals surface area contributed by atoms with Crippen molar-refractivity contribution in [1.82, 2.24) is 4.90 Å². The molecule has 3 amide bonds. The van der Waals surface area contributed by atoms with Gasteiger partial charge in [-0.3, -0.25) is 19.3 Å². The summed E-state index contributed by atoms with van der Waals surface area (Å²) in [5, 5.41) is 2.92. The molecule has 7 nitrogen and oxygen atoms in total. The normalized spacial score (nSPS) is 17.9. The third-order valence-corrected chi connectivity index (χ3v) is 6.54. The molecule has 2 aliphatic rings. The predicted molar refractivity (Wildman–Crippen MR) is 127 cm³/mol. The van der Waals surface area contributed by atoms with Crippen LogP contribution in [0.15, 0.2) is 47.4 Å². The standard InChI is InChI=1S/C22H19Cl2N3O4S/c23-17-2-1-3-18(24)16(17)12-19-21(29)27(22(30)32-19)13-20(28)25-14-4-6-15(7-5-14)26-8-10-31-11-9-26/h1-7,12H,8-11,13H2,(H,25,28)/b19-12+. The second-order valence-corrected chi connectivity index (χ2v) is 8.91. The van der Waals surface area contributed by atoms with E-state index in [1.165, 1.54) is 6.08 Å². The van der Waals surface area contributed by atoms with Crippen molar-refractivity contribution in [2.75, 3.05) is 43.1 Å². The summed E-state index contributed by atoms with van der Waals surface area (Å²) in [6, 6.07) is 12.4. The van der Waals surface area contributed by atoms with Gasteiger partial charge in [0.1, 0.15) is 6.54 Å². The Kier molecular flexibility index (Phi) is 7.05. The number of rotatable bonds is 5. The Morgan fingerprint density at radius 2 is 1.72 bits per heavy atom. The van der Waals surface area contributed by atoms with Gasteiger partial charge in [0.2, 0.25) is 5.91 Å². The molecule has 10 heteroatoms. The van der Waals surface area contributed by atoms with Crippen LogP contribution in [-0.4, -0.2) is 54.8 Å². The molecule has 0 spiro atoms. The summed E-state index contributed by atoms with van der Waals surface area (Å²) in [4.78, 5) is 40.7. The number of nitrogens with zero attached hydrogens (tertiary/aromatic N) is 2. The van der Waals surface area contributed by atoms with Crippen LogP contribution in [0.5, 0.6) is 0 Å². The monoisotopic (exact) mass is 491 g/mol. The second-order valence-electron chi connectivity index (χ2n) is 7.10. The van der Waals surface area contributed by atoms with Crippen LogP contribution in [0.3, 0.4) is 0 Å². The second kappa shape index (κ2) is 9.95. The fourth-order valence-corrected chi connectivity index (χ4v) is 4.66. The summed E-state index contributed by atoms with van der Waals surface area (Å²) in [5.74, 6) is -1.03. The van der Waals surface area contributed by atoms with E-state index in [-0.39, 0.29) is 11.4 Å². The number of amides is 3. The number of carbonyl (C=O) groups is 3. The van der Waals surface area contributed by atoms with Crippen LogP contribution in [0.25, 0.3) is 6.08 Å². The molecule has 2 saturated heterocycles. The van der Waals surface area contributed by atoms with Gasteiger partial charge in [-0.25, -0.2) is 0 Å². The summed E-state index contributed by atoms with van der Waals surface area (Å²) in [6.45, 7) is 2.63. The zero-order valence-electron chi connectivity index (χ0n) is 16.8. The van der Waals surface area contributed by atoms with Crippen LogP contribution in [0.4, 0.5) is 16.2 Å². The molecule has 166 valence electrons. The first-order valence-corrected chi connectivity index (χ1v) is 11.4. The number of imide groups is 1. The van der Waals surface area contributed by atoms with Crippen LogP contribution in [0.2, 0.25) is 10.0 Å². The van der Waals surface area contributed by atoms with Gasteiger partial charge >= 0.3 is 0 Å². The maximum Gasteiger partial charge on any atom is 0.294 e. The molecule has 0 unspecified atom stereocenters. The molecular formula is C22H19Cl2N3O4S. The van der Waals surface area contributed by atoms with Crippen molar-refractivity contribution in [2.45, 2.75) is 0 Å². The number of hydrogen-bond donors (Lipinski definition) is 1. The van der Waals surface area contributed by atoms with Gasteiger partial charge in [-0.15, -0.1) is 0 Å². The number of morpholine rings is 1. The highest BCUT2D eigenvalue weighted by atomic mass is 35.5. The van der Waals surface area contributed by atoms with E-state index in [9.17, 15) is 14.4 Å². The molecule has 2 fully saturated rings. The molecule has 0 aromatic heterocycles. The van der Waals surface area contributed by atoms with Gasteiger partial charge in [-0.2, -0.15) is 0 Å². The highest BCUT2D eigenvalue weighted by molar-refractivity contribution is 8.18. The topological polar surface area (TPSA) is 79.0 Å². The van der Waals surface area contributed by atoms with Gasteiger partial charge in [-0.05, 0) is 54.2 Å². The minimum absolute atomic E-state index is 0.160. The summed E-state index contributed by atoms with van der Waals surface area (Å²) in [6.07, 6.45) is 1.47. The molecule has 1 N–H and O–H groups in total. The first-order chi connectivity index (χ1) is 15.4. The van der Waals surface area contributed by atoms with E-state index < -0.39 is 17.1 Å². The fraction of sp³-hybridized carbons (Fsp3) is 0.227. The number of thioether (sulfide) groups is 1. The Hall–Kier alpha value is -2.52. The Morgan fingerprint density at radius 1 is 1.06 bits per heavy atom. The maximum atomic E-state index is 12.7. The van der Waals surface area contributed by atoms with Crippen LogP contribution in [-0.2, 0) is 14.3 Å². The molecule has 0 aliphatic carbocycles. The summed E-state index contributed by atoms with van der Waals surface area (Å²) in [5.41, 5.74) is 2.07. The number of carbonyl (C=O) groups excluding carboxylic acids is 3. The molecule has 0 radical (unpaired) electrons. The van der Waals surface area contributed by atoms with Crippen molar-refractivity contribution in [3.05, 3.63) is 63.0 Å². The number of benzene rings is 2. The van der Waals surface area contributed by atoms with Crippen LogP contribution in [0, 0.1) is 0 Å². The van der Waals surface area contributed by atoms with E-state index in [0.29, 0.717) is 34.5 Å². The number of hydrogen-bond acceptors (Lipinski definition) is 6. The van der Waals surface area contributed by atoms with E-state index in [1.54, 1.807) is 30.3 Å². The molecule has 0 saturated carbocycles. The average Bonchev–Trinajstić information content (AvgIpc) is 3.05. The summed E-state index contributed by atoms with van der Waals surface area (Å²) >= 11 is 13.0. The molecule has 4 rings (SSSR count). The van der Waals surface area contributed by atoms with E-state index in [0.717, 1.165) is 35.4 Å². The molecule has 2 aromatic carbocycles. The number of anilines is 2. The lowest BCUT2D eigenvalue weighted by atomic mass is 10.2. The van der Waals surface area contributed by atoms with Crippen molar-refractivity contribution in [2.24, 2.45) is 0 Å². The van der Waals surface area contributed by atoms with Crippen LogP contribution in [0.1, 0.15) is 5.56 Å². The molecular weight excluding hydrogens is 473 g/mol. The van der Waals surface area contributed by atoms with E-state index in [1.807, 2.05) is 12.1 Å². The molecule has 0 atom stereocenters. The Labute approximate surface area is 199 Å².